The van der Waals surface area contributed by atoms with Crippen LogP contribution in [0, 0.1) is 0 Å². The summed E-state index contributed by atoms with van der Waals surface area (Å²) < 4.78 is 24.3. The fraction of sp³-hybridized carbons (Fsp3) is 0.417. The van der Waals surface area contributed by atoms with Crippen LogP contribution in [0.5, 0.6) is 0 Å². The van der Waals surface area contributed by atoms with Gasteiger partial charge in [-0.25, -0.2) is 8.42 Å². The maximum Gasteiger partial charge on any atom is 0.239 e. The molecule has 1 N–H and O–H groups in total. The molecule has 0 aliphatic rings. The number of sulfonamides is 1. The van der Waals surface area contributed by atoms with E-state index < -0.39 is 15.9 Å². The fourth-order valence-corrected chi connectivity index (χ4v) is 3.18. The van der Waals surface area contributed by atoms with Gasteiger partial charge >= 0.3 is 0 Å². The minimum Gasteiger partial charge on any atom is -0.324 e. The molecular formula is C12H16Cl2N2O3S. The van der Waals surface area contributed by atoms with Crippen LogP contribution < -0.4 is 5.32 Å². The van der Waals surface area contributed by atoms with Crippen LogP contribution in [0.4, 0.5) is 5.69 Å². The van der Waals surface area contributed by atoms with Crippen LogP contribution in [0.15, 0.2) is 18.2 Å². The molecule has 8 heteroatoms. The number of nitrogens with zero attached hydrogens (tertiary/aromatic N) is 1. The third-order valence-corrected chi connectivity index (χ3v) is 4.46. The summed E-state index contributed by atoms with van der Waals surface area (Å²) in [5, 5.41) is 3.30. The van der Waals surface area contributed by atoms with Crippen LogP contribution in [0.2, 0.25) is 10.0 Å². The molecule has 1 aromatic rings. The summed E-state index contributed by atoms with van der Waals surface area (Å²) in [6.07, 6.45) is 1.07. The number of carbonyl (C=O) groups excluding carboxylic acids is 1. The number of halogens is 2. The molecule has 0 bridgehead atoms. The summed E-state index contributed by atoms with van der Waals surface area (Å²) in [6.45, 7) is 3.13. The third-order valence-electron chi connectivity index (χ3n) is 2.51. The first-order valence-electron chi connectivity index (χ1n) is 5.83. The quantitative estimate of drug-likeness (QED) is 0.897. The van der Waals surface area contributed by atoms with E-state index in [9.17, 15) is 13.2 Å². The summed E-state index contributed by atoms with van der Waals surface area (Å²) in [6, 6.07) is 4.33. The number of rotatable bonds is 5. The molecule has 1 amide bonds. The molecule has 20 heavy (non-hydrogen) atoms. The van der Waals surface area contributed by atoms with Gasteiger partial charge in [0.1, 0.15) is 0 Å². The van der Waals surface area contributed by atoms with E-state index in [1.165, 1.54) is 6.07 Å². The standard InChI is InChI=1S/C12H16Cl2N2O3S/c1-8(2)16(20(3,18)19)7-12(17)15-11-5-4-9(13)6-10(11)14/h4-6,8H,7H2,1-3H3,(H,15,17). The van der Waals surface area contributed by atoms with Gasteiger partial charge in [0.2, 0.25) is 15.9 Å². The zero-order chi connectivity index (χ0) is 15.5. The van der Waals surface area contributed by atoms with Gasteiger partial charge < -0.3 is 5.32 Å². The Morgan fingerprint density at radius 1 is 1.35 bits per heavy atom. The topological polar surface area (TPSA) is 66.5 Å². The first-order valence-corrected chi connectivity index (χ1v) is 8.43. The van der Waals surface area contributed by atoms with Crippen molar-refractivity contribution in [3.63, 3.8) is 0 Å². The van der Waals surface area contributed by atoms with Gasteiger partial charge in [0.05, 0.1) is 23.5 Å². The highest BCUT2D eigenvalue weighted by Gasteiger charge is 2.23. The number of nitrogens with one attached hydrogen (secondary N) is 1. The summed E-state index contributed by atoms with van der Waals surface area (Å²) in [4.78, 5) is 11.9. The lowest BCUT2D eigenvalue weighted by Crippen LogP contribution is -2.41. The molecule has 0 aliphatic carbocycles. The van der Waals surface area contributed by atoms with E-state index in [0.29, 0.717) is 15.7 Å². The zero-order valence-corrected chi connectivity index (χ0v) is 13.7. The highest BCUT2D eigenvalue weighted by Crippen LogP contribution is 2.25. The molecule has 5 nitrogen and oxygen atoms in total. The number of amides is 1. The van der Waals surface area contributed by atoms with E-state index in [2.05, 4.69) is 5.32 Å². The second-order valence-electron chi connectivity index (χ2n) is 4.57. The largest absolute Gasteiger partial charge is 0.324 e. The van der Waals surface area contributed by atoms with Crippen molar-refractivity contribution in [2.24, 2.45) is 0 Å². The van der Waals surface area contributed by atoms with E-state index in [-0.39, 0.29) is 12.6 Å². The van der Waals surface area contributed by atoms with Crippen molar-refractivity contribution in [3.05, 3.63) is 28.2 Å². The van der Waals surface area contributed by atoms with Crippen molar-refractivity contribution in [3.8, 4) is 0 Å². The molecule has 1 aromatic carbocycles. The molecule has 112 valence electrons. The van der Waals surface area contributed by atoms with Gasteiger partial charge in [-0.2, -0.15) is 4.31 Å². The van der Waals surface area contributed by atoms with E-state index in [4.69, 9.17) is 23.2 Å². The molecule has 0 saturated carbocycles. The Bertz CT molecular complexity index is 603. The Morgan fingerprint density at radius 2 is 1.95 bits per heavy atom. The highest BCUT2D eigenvalue weighted by molar-refractivity contribution is 7.88. The van der Waals surface area contributed by atoms with Crippen molar-refractivity contribution in [1.82, 2.24) is 4.31 Å². The Morgan fingerprint density at radius 3 is 2.40 bits per heavy atom. The first kappa shape index (κ1) is 17.2. The minimum atomic E-state index is -3.45. The molecule has 0 radical (unpaired) electrons. The number of hydrogen-bond donors (Lipinski definition) is 1. The molecule has 0 heterocycles. The summed E-state index contributed by atoms with van der Waals surface area (Å²) in [5.41, 5.74) is 0.387. The summed E-state index contributed by atoms with van der Waals surface area (Å²) in [7, 11) is -3.45. The lowest BCUT2D eigenvalue weighted by Gasteiger charge is -2.23. The van der Waals surface area contributed by atoms with Crippen molar-refractivity contribution in [2.45, 2.75) is 19.9 Å². The number of anilines is 1. The smallest absolute Gasteiger partial charge is 0.239 e. The fourth-order valence-electron chi connectivity index (χ4n) is 1.60. The Balaban J connectivity index is 2.81. The van der Waals surface area contributed by atoms with Gasteiger partial charge in [0.25, 0.3) is 0 Å². The van der Waals surface area contributed by atoms with Gasteiger partial charge in [0, 0.05) is 11.1 Å². The van der Waals surface area contributed by atoms with E-state index in [1.807, 2.05) is 0 Å². The predicted octanol–water partition coefficient (Wildman–Crippen LogP) is 2.60. The SMILES string of the molecule is CC(C)N(CC(=O)Nc1ccc(Cl)cc1Cl)S(C)(=O)=O. The molecule has 0 fully saturated rings. The first-order chi connectivity index (χ1) is 9.11. The second-order valence-corrected chi connectivity index (χ2v) is 7.35. The van der Waals surface area contributed by atoms with Gasteiger partial charge in [-0.3, -0.25) is 4.79 Å². The summed E-state index contributed by atoms with van der Waals surface area (Å²) in [5.74, 6) is -0.464. The van der Waals surface area contributed by atoms with Gasteiger partial charge in [-0.1, -0.05) is 23.2 Å². The molecule has 0 aliphatic heterocycles. The maximum atomic E-state index is 11.9. The average Bonchev–Trinajstić information content (AvgIpc) is 2.28. The van der Waals surface area contributed by atoms with Crippen molar-refractivity contribution in [1.29, 1.82) is 0 Å². The molecule has 1 rings (SSSR count). The lowest BCUT2D eigenvalue weighted by molar-refractivity contribution is -0.116. The van der Waals surface area contributed by atoms with Crippen LogP contribution in [-0.2, 0) is 14.8 Å². The lowest BCUT2D eigenvalue weighted by atomic mass is 10.3. The molecular weight excluding hydrogens is 323 g/mol. The zero-order valence-electron chi connectivity index (χ0n) is 11.4. The third kappa shape index (κ3) is 4.94. The second kappa shape index (κ2) is 6.76. The van der Waals surface area contributed by atoms with Crippen LogP contribution in [0.1, 0.15) is 13.8 Å². The Hall–Kier alpha value is -0.820. The number of carbonyl (C=O) groups is 1. The van der Waals surface area contributed by atoms with Gasteiger partial charge in [-0.15, -0.1) is 0 Å². The van der Waals surface area contributed by atoms with Crippen LogP contribution >= 0.6 is 23.2 Å². The van der Waals surface area contributed by atoms with Crippen LogP contribution in [0.25, 0.3) is 0 Å². The van der Waals surface area contributed by atoms with Crippen molar-refractivity contribution < 1.29 is 13.2 Å². The summed E-state index contributed by atoms with van der Waals surface area (Å²) >= 11 is 11.7. The monoisotopic (exact) mass is 338 g/mol. The molecule has 0 unspecified atom stereocenters. The van der Waals surface area contributed by atoms with E-state index in [1.54, 1.807) is 26.0 Å². The van der Waals surface area contributed by atoms with Crippen molar-refractivity contribution >= 4 is 44.8 Å². The van der Waals surface area contributed by atoms with Crippen molar-refractivity contribution in [2.75, 3.05) is 18.1 Å². The van der Waals surface area contributed by atoms with Crippen LogP contribution in [-0.4, -0.2) is 37.5 Å². The van der Waals surface area contributed by atoms with E-state index >= 15 is 0 Å². The van der Waals surface area contributed by atoms with Gasteiger partial charge in [-0.05, 0) is 32.0 Å². The number of hydrogen-bond acceptors (Lipinski definition) is 3. The normalized spacial score (nSPS) is 11.9. The average molecular weight is 339 g/mol. The Kier molecular flexibility index (Phi) is 5.82. The molecule has 0 spiro atoms. The van der Waals surface area contributed by atoms with Gasteiger partial charge in [0.15, 0.2) is 0 Å². The highest BCUT2D eigenvalue weighted by atomic mass is 35.5. The maximum absolute atomic E-state index is 11.9. The predicted molar refractivity (Wildman–Crippen MR) is 81.8 cm³/mol. The molecule has 0 atom stereocenters. The van der Waals surface area contributed by atoms with E-state index in [0.717, 1.165) is 10.6 Å². The molecule has 0 aromatic heterocycles. The van der Waals surface area contributed by atoms with Crippen LogP contribution in [0.3, 0.4) is 0 Å². The number of benzene rings is 1. The minimum absolute atomic E-state index is 0.268. The molecule has 0 saturated heterocycles. The Labute approximate surface area is 128 Å².